The van der Waals surface area contributed by atoms with Gasteiger partial charge in [0.1, 0.15) is 0 Å². The van der Waals surface area contributed by atoms with Gasteiger partial charge in [0, 0.05) is 14.1 Å². The number of hydrogen-bond donors (Lipinski definition) is 0. The highest BCUT2D eigenvalue weighted by molar-refractivity contribution is 6.44. The van der Waals surface area contributed by atoms with E-state index >= 15 is 0 Å². The highest BCUT2D eigenvalue weighted by Crippen LogP contribution is 2.33. The van der Waals surface area contributed by atoms with Crippen LogP contribution in [-0.4, -0.2) is 25.0 Å². The van der Waals surface area contributed by atoms with Crippen molar-refractivity contribution in [3.63, 3.8) is 0 Å². The zero-order valence-corrected chi connectivity index (χ0v) is 13.4. The molecule has 110 valence electrons. The van der Waals surface area contributed by atoms with Gasteiger partial charge in [0.05, 0.1) is 22.3 Å². The molecule has 0 aromatic heterocycles. The molecule has 0 radical (unpaired) electrons. The molecule has 0 heterocycles. The number of anilines is 1. The van der Waals surface area contributed by atoms with Crippen molar-refractivity contribution in [3.8, 4) is 0 Å². The van der Waals surface area contributed by atoms with E-state index in [0.717, 1.165) is 5.56 Å². The van der Waals surface area contributed by atoms with Crippen LogP contribution in [0.15, 0.2) is 48.5 Å². The molecule has 2 amide bonds. The molecular weight excluding hydrogens is 307 g/mol. The number of amides is 2. The van der Waals surface area contributed by atoms with Crippen molar-refractivity contribution in [3.05, 3.63) is 64.1 Å². The number of urea groups is 1. The van der Waals surface area contributed by atoms with Crippen molar-refractivity contribution in [2.24, 2.45) is 0 Å². The van der Waals surface area contributed by atoms with Crippen molar-refractivity contribution in [1.29, 1.82) is 0 Å². The quantitative estimate of drug-likeness (QED) is 0.804. The first kappa shape index (κ1) is 15.7. The van der Waals surface area contributed by atoms with E-state index in [4.69, 9.17) is 23.2 Å². The minimum absolute atomic E-state index is 0.150. The van der Waals surface area contributed by atoms with Gasteiger partial charge in [0.25, 0.3) is 0 Å². The lowest BCUT2D eigenvalue weighted by atomic mass is 10.2. The summed E-state index contributed by atoms with van der Waals surface area (Å²) in [7, 11) is 3.41. The van der Waals surface area contributed by atoms with E-state index in [9.17, 15) is 4.79 Å². The Labute approximate surface area is 134 Å². The van der Waals surface area contributed by atoms with Crippen molar-refractivity contribution in [2.75, 3.05) is 19.0 Å². The Morgan fingerprint density at radius 2 is 1.67 bits per heavy atom. The van der Waals surface area contributed by atoms with Crippen LogP contribution in [0.2, 0.25) is 10.0 Å². The van der Waals surface area contributed by atoms with Gasteiger partial charge in [0.15, 0.2) is 0 Å². The fourth-order valence-electron chi connectivity index (χ4n) is 1.96. The summed E-state index contributed by atoms with van der Waals surface area (Å²) in [6.07, 6.45) is 0. The van der Waals surface area contributed by atoms with Crippen LogP contribution in [0.3, 0.4) is 0 Å². The Morgan fingerprint density at radius 1 is 1.00 bits per heavy atom. The first-order valence-electron chi connectivity index (χ1n) is 6.47. The van der Waals surface area contributed by atoms with Crippen LogP contribution in [-0.2, 0) is 6.54 Å². The molecule has 0 aliphatic carbocycles. The number of benzene rings is 2. The third-order valence-electron chi connectivity index (χ3n) is 3.02. The minimum atomic E-state index is -0.150. The molecule has 21 heavy (non-hydrogen) atoms. The number of carbonyl (C=O) groups is 1. The number of carbonyl (C=O) groups excluding carboxylic acids is 1. The van der Waals surface area contributed by atoms with Crippen molar-refractivity contribution in [1.82, 2.24) is 4.90 Å². The molecule has 0 unspecified atom stereocenters. The number of hydrogen-bond acceptors (Lipinski definition) is 1. The average Bonchev–Trinajstić information content (AvgIpc) is 2.48. The van der Waals surface area contributed by atoms with E-state index in [1.165, 1.54) is 4.90 Å². The largest absolute Gasteiger partial charge is 0.330 e. The highest BCUT2D eigenvalue weighted by Gasteiger charge is 2.21. The van der Waals surface area contributed by atoms with Gasteiger partial charge in [0.2, 0.25) is 0 Å². The summed E-state index contributed by atoms with van der Waals surface area (Å²) in [5.74, 6) is 0. The summed E-state index contributed by atoms with van der Waals surface area (Å²) in [5, 5.41) is 0.809. The maximum absolute atomic E-state index is 12.5. The standard InChI is InChI=1S/C16H16Cl2N2O/c1-19(2)16(21)20(11-12-7-4-3-5-8-12)14-10-6-9-13(17)15(14)18/h3-10H,11H2,1-2H3. The lowest BCUT2D eigenvalue weighted by molar-refractivity contribution is 0.223. The fraction of sp³-hybridized carbons (Fsp3) is 0.188. The summed E-state index contributed by atoms with van der Waals surface area (Å²) >= 11 is 12.3. The van der Waals surface area contributed by atoms with Gasteiger partial charge in [-0.1, -0.05) is 59.6 Å². The van der Waals surface area contributed by atoms with Gasteiger partial charge in [-0.3, -0.25) is 4.90 Å². The minimum Gasteiger partial charge on any atom is -0.330 e. The molecule has 0 atom stereocenters. The summed E-state index contributed by atoms with van der Waals surface area (Å²) in [6.45, 7) is 0.428. The van der Waals surface area contributed by atoms with Crippen LogP contribution in [0.1, 0.15) is 5.56 Å². The molecule has 2 aromatic rings. The summed E-state index contributed by atoms with van der Waals surface area (Å²) in [5.41, 5.74) is 1.62. The van der Waals surface area contributed by atoms with Crippen LogP contribution >= 0.6 is 23.2 Å². The molecule has 0 spiro atoms. The molecule has 0 saturated heterocycles. The molecule has 3 nitrogen and oxygen atoms in total. The topological polar surface area (TPSA) is 23.6 Å². The number of halogens is 2. The van der Waals surface area contributed by atoms with Crippen molar-refractivity contribution in [2.45, 2.75) is 6.54 Å². The Hall–Kier alpha value is -1.71. The fourth-order valence-corrected chi connectivity index (χ4v) is 2.36. The van der Waals surface area contributed by atoms with Gasteiger partial charge in [-0.2, -0.15) is 0 Å². The van der Waals surface area contributed by atoms with Crippen LogP contribution in [0.25, 0.3) is 0 Å². The molecule has 2 aromatic carbocycles. The van der Waals surface area contributed by atoms with Crippen molar-refractivity contribution >= 4 is 34.9 Å². The molecule has 0 N–H and O–H groups in total. The van der Waals surface area contributed by atoms with E-state index < -0.39 is 0 Å². The summed E-state index contributed by atoms with van der Waals surface area (Å²) < 4.78 is 0. The van der Waals surface area contributed by atoms with Gasteiger partial charge in [-0.25, -0.2) is 4.79 Å². The SMILES string of the molecule is CN(C)C(=O)N(Cc1ccccc1)c1cccc(Cl)c1Cl. The lowest BCUT2D eigenvalue weighted by Gasteiger charge is -2.27. The normalized spacial score (nSPS) is 10.3. The molecule has 0 fully saturated rings. The molecule has 0 saturated carbocycles. The van der Waals surface area contributed by atoms with Gasteiger partial charge in [-0.05, 0) is 17.7 Å². The van der Waals surface area contributed by atoms with Crippen LogP contribution < -0.4 is 4.90 Å². The van der Waals surface area contributed by atoms with Gasteiger partial charge >= 0.3 is 6.03 Å². The molecule has 2 rings (SSSR count). The van der Waals surface area contributed by atoms with Crippen LogP contribution in [0.4, 0.5) is 10.5 Å². The molecule has 5 heteroatoms. The van der Waals surface area contributed by atoms with Gasteiger partial charge < -0.3 is 4.90 Å². The monoisotopic (exact) mass is 322 g/mol. The predicted molar refractivity (Wildman–Crippen MR) is 88.2 cm³/mol. The number of nitrogens with zero attached hydrogens (tertiary/aromatic N) is 2. The molecule has 0 aliphatic heterocycles. The summed E-state index contributed by atoms with van der Waals surface area (Å²) in [4.78, 5) is 15.6. The van der Waals surface area contributed by atoms with Gasteiger partial charge in [-0.15, -0.1) is 0 Å². The molecule has 0 aliphatic rings. The second kappa shape index (κ2) is 6.83. The maximum atomic E-state index is 12.5. The van der Waals surface area contributed by atoms with Crippen molar-refractivity contribution < 1.29 is 4.79 Å². The third-order valence-corrected chi connectivity index (χ3v) is 3.83. The zero-order chi connectivity index (χ0) is 15.4. The Balaban J connectivity index is 2.41. The van der Waals surface area contributed by atoms with Crippen LogP contribution in [0.5, 0.6) is 0 Å². The van der Waals surface area contributed by atoms with Crippen LogP contribution in [0, 0.1) is 0 Å². The zero-order valence-electron chi connectivity index (χ0n) is 11.9. The first-order chi connectivity index (χ1) is 10.0. The molecular formula is C16H16Cl2N2O. The van der Waals surface area contributed by atoms with E-state index in [1.54, 1.807) is 37.2 Å². The molecule has 0 bridgehead atoms. The average molecular weight is 323 g/mol. The second-order valence-electron chi connectivity index (χ2n) is 4.82. The van der Waals surface area contributed by atoms with E-state index in [0.29, 0.717) is 22.3 Å². The van der Waals surface area contributed by atoms with E-state index in [1.807, 2.05) is 30.3 Å². The maximum Gasteiger partial charge on any atom is 0.324 e. The Kier molecular flexibility index (Phi) is 5.10. The summed E-state index contributed by atoms with van der Waals surface area (Å²) in [6, 6.07) is 14.9. The Morgan fingerprint density at radius 3 is 2.29 bits per heavy atom. The number of rotatable bonds is 3. The van der Waals surface area contributed by atoms with E-state index in [2.05, 4.69) is 0 Å². The first-order valence-corrected chi connectivity index (χ1v) is 7.23. The lowest BCUT2D eigenvalue weighted by Crippen LogP contribution is -2.39. The highest BCUT2D eigenvalue weighted by atomic mass is 35.5. The predicted octanol–water partition coefficient (Wildman–Crippen LogP) is 4.68. The third kappa shape index (κ3) is 3.69. The van der Waals surface area contributed by atoms with E-state index in [-0.39, 0.29) is 6.03 Å². The Bertz CT molecular complexity index is 629. The smallest absolute Gasteiger partial charge is 0.324 e. The second-order valence-corrected chi connectivity index (χ2v) is 5.61.